The first-order valence-electron chi connectivity index (χ1n) is 9.24. The molecule has 0 saturated carbocycles. The highest BCUT2D eigenvalue weighted by atomic mass is 19.4. The minimum atomic E-state index is -4.84. The average Bonchev–Trinajstić information content (AvgIpc) is 3.35. The number of aromatic nitrogens is 6. The molecule has 34 heavy (non-hydrogen) atoms. The van der Waals surface area contributed by atoms with Crippen molar-refractivity contribution in [2.75, 3.05) is 5.32 Å². The summed E-state index contributed by atoms with van der Waals surface area (Å²) in [5.41, 5.74) is 5.00. The van der Waals surface area contributed by atoms with Crippen molar-refractivity contribution in [2.24, 2.45) is 5.73 Å². The molecule has 0 aliphatic rings. The van der Waals surface area contributed by atoms with Gasteiger partial charge in [-0.25, -0.2) is 8.78 Å². The molecule has 0 spiro atoms. The average molecular weight is 483 g/mol. The maximum absolute atomic E-state index is 13.0. The number of hydrogen-bond donors (Lipinski definition) is 2. The van der Waals surface area contributed by atoms with E-state index in [1.54, 1.807) is 0 Å². The number of benzene rings is 1. The molecular weight excluding hydrogens is 469 g/mol. The molecule has 1 aromatic carbocycles. The number of tetrazole rings is 1. The molecule has 0 aliphatic heterocycles. The summed E-state index contributed by atoms with van der Waals surface area (Å²) in [7, 11) is 0. The third-order valence-corrected chi connectivity index (χ3v) is 4.35. The van der Waals surface area contributed by atoms with Crippen molar-refractivity contribution >= 4 is 17.5 Å². The normalized spacial score (nSPS) is 11.5. The molecule has 0 atom stereocenters. The van der Waals surface area contributed by atoms with E-state index in [1.807, 2.05) is 6.07 Å². The van der Waals surface area contributed by atoms with E-state index in [4.69, 9.17) is 11.0 Å². The minimum absolute atomic E-state index is 0.0457. The number of halogens is 5. The van der Waals surface area contributed by atoms with E-state index in [1.165, 1.54) is 13.0 Å². The number of primary amides is 1. The predicted molar refractivity (Wildman–Crippen MR) is 103 cm³/mol. The fraction of sp³-hybridized carbons (Fsp3) is 0.278. The predicted octanol–water partition coefficient (Wildman–Crippen LogP) is 1.73. The summed E-state index contributed by atoms with van der Waals surface area (Å²) in [6, 6.07) is 5.42. The van der Waals surface area contributed by atoms with Gasteiger partial charge < -0.3 is 11.1 Å². The van der Waals surface area contributed by atoms with Gasteiger partial charge >= 0.3 is 6.18 Å². The van der Waals surface area contributed by atoms with Crippen LogP contribution in [0.3, 0.4) is 0 Å². The number of nitrogens with two attached hydrogens (primary N) is 1. The lowest BCUT2D eigenvalue weighted by Gasteiger charge is -2.13. The zero-order valence-electron chi connectivity index (χ0n) is 17.1. The Balaban J connectivity index is 1.94. The quantitative estimate of drug-likeness (QED) is 0.485. The minimum Gasteiger partial charge on any atom is -0.366 e. The van der Waals surface area contributed by atoms with E-state index in [2.05, 4.69) is 25.8 Å². The number of rotatable bonds is 7. The van der Waals surface area contributed by atoms with Crippen molar-refractivity contribution < 1.29 is 31.5 Å². The van der Waals surface area contributed by atoms with Crippen LogP contribution in [0.2, 0.25) is 0 Å². The monoisotopic (exact) mass is 483 g/mol. The molecule has 0 fully saturated rings. The van der Waals surface area contributed by atoms with Gasteiger partial charge in [-0.3, -0.25) is 14.3 Å². The Morgan fingerprint density at radius 3 is 2.50 bits per heavy atom. The third-order valence-electron chi connectivity index (χ3n) is 4.35. The zero-order chi connectivity index (χ0) is 25.2. The van der Waals surface area contributed by atoms with Crippen LogP contribution in [-0.4, -0.2) is 48.2 Å². The molecule has 0 unspecified atom stereocenters. The molecule has 0 radical (unpaired) electrons. The number of carbonyl (C=O) groups excluding carboxylic acids is 2. The highest BCUT2D eigenvalue weighted by molar-refractivity contribution is 6.08. The van der Waals surface area contributed by atoms with Gasteiger partial charge in [-0.1, -0.05) is 0 Å². The SMILES string of the molecule is Cc1cc(C#N)cc(C(N)=O)c1NC(=O)c1cc(Cn2nnc(C(F)(F)F)n2)nn1CC(F)F. The van der Waals surface area contributed by atoms with E-state index in [-0.39, 0.29) is 28.2 Å². The molecule has 0 aliphatic carbocycles. The van der Waals surface area contributed by atoms with Crippen LogP contribution in [-0.2, 0) is 19.3 Å². The Hall–Kier alpha value is -4.42. The fourth-order valence-corrected chi connectivity index (χ4v) is 2.96. The first-order chi connectivity index (χ1) is 15.9. The molecule has 2 heterocycles. The molecule has 0 bridgehead atoms. The van der Waals surface area contributed by atoms with Gasteiger partial charge in [-0.05, 0) is 35.9 Å². The number of anilines is 1. The summed E-state index contributed by atoms with van der Waals surface area (Å²) in [5.74, 6) is -3.42. The molecule has 178 valence electrons. The second-order valence-electron chi connectivity index (χ2n) is 6.88. The summed E-state index contributed by atoms with van der Waals surface area (Å²) in [5, 5.41) is 24.5. The van der Waals surface area contributed by atoms with Crippen molar-refractivity contribution in [2.45, 2.75) is 32.6 Å². The van der Waals surface area contributed by atoms with Gasteiger partial charge in [-0.15, -0.1) is 10.2 Å². The van der Waals surface area contributed by atoms with Crippen LogP contribution in [0.5, 0.6) is 0 Å². The van der Waals surface area contributed by atoms with Crippen molar-refractivity contribution in [3.05, 3.63) is 52.1 Å². The van der Waals surface area contributed by atoms with Gasteiger partial charge in [0.15, 0.2) is 0 Å². The number of nitrogens with one attached hydrogen (secondary N) is 1. The molecule has 0 saturated heterocycles. The topological polar surface area (TPSA) is 157 Å². The summed E-state index contributed by atoms with van der Waals surface area (Å²) >= 11 is 0. The van der Waals surface area contributed by atoms with Crippen molar-refractivity contribution in [3.63, 3.8) is 0 Å². The molecular formula is C18H14F5N9O2. The molecule has 3 N–H and O–H groups in total. The lowest BCUT2D eigenvalue weighted by molar-refractivity contribution is -0.145. The molecule has 11 nitrogen and oxygen atoms in total. The summed E-state index contributed by atoms with van der Waals surface area (Å²) in [6.45, 7) is -0.0161. The number of carbonyl (C=O) groups is 2. The van der Waals surface area contributed by atoms with Crippen molar-refractivity contribution in [1.82, 2.24) is 30.0 Å². The Morgan fingerprint density at radius 1 is 1.24 bits per heavy atom. The molecule has 3 aromatic rings. The number of aryl methyl sites for hydroxylation is 1. The fourth-order valence-electron chi connectivity index (χ4n) is 2.96. The maximum atomic E-state index is 13.0. The third kappa shape index (κ3) is 5.31. The van der Waals surface area contributed by atoms with E-state index < -0.39 is 43.3 Å². The lowest BCUT2D eigenvalue weighted by atomic mass is 10.0. The van der Waals surface area contributed by atoms with Crippen LogP contribution in [0.15, 0.2) is 18.2 Å². The number of amides is 2. The van der Waals surface area contributed by atoms with Gasteiger partial charge in [0.2, 0.25) is 0 Å². The number of nitrogens with zero attached hydrogens (tertiary/aromatic N) is 7. The largest absolute Gasteiger partial charge is 0.455 e. The van der Waals surface area contributed by atoms with Crippen LogP contribution < -0.4 is 11.1 Å². The van der Waals surface area contributed by atoms with Crippen LogP contribution in [0.25, 0.3) is 0 Å². The second-order valence-corrected chi connectivity index (χ2v) is 6.88. The Bertz CT molecular complexity index is 1290. The van der Waals surface area contributed by atoms with Crippen LogP contribution in [0.1, 0.15) is 43.5 Å². The Morgan fingerprint density at radius 2 is 1.94 bits per heavy atom. The highest BCUT2D eigenvalue weighted by Crippen LogP contribution is 2.25. The van der Waals surface area contributed by atoms with E-state index in [9.17, 15) is 31.5 Å². The molecule has 16 heteroatoms. The molecule has 3 rings (SSSR count). The van der Waals surface area contributed by atoms with Crippen LogP contribution >= 0.6 is 0 Å². The van der Waals surface area contributed by atoms with Gasteiger partial charge in [0.25, 0.3) is 24.1 Å². The second kappa shape index (κ2) is 9.21. The van der Waals surface area contributed by atoms with Gasteiger partial charge in [0.05, 0.1) is 28.6 Å². The standard InChI is InChI=1S/C18H14F5N9O2/c1-8-2-9(5-24)3-11(15(25)33)14(8)26-16(34)12-4-10(28-31(12)7-13(19)20)6-32-29-17(27-30-32)18(21,22)23/h2-4,13H,6-7H2,1H3,(H2,25,33)(H,26,34). The summed E-state index contributed by atoms with van der Waals surface area (Å²) < 4.78 is 64.7. The first-order valence-corrected chi connectivity index (χ1v) is 9.24. The van der Waals surface area contributed by atoms with Gasteiger partial charge in [0, 0.05) is 0 Å². The highest BCUT2D eigenvalue weighted by Gasteiger charge is 2.36. The Kier molecular flexibility index (Phi) is 6.56. The molecule has 2 aromatic heterocycles. The number of hydrogen-bond acceptors (Lipinski definition) is 7. The van der Waals surface area contributed by atoms with Crippen LogP contribution in [0, 0.1) is 18.3 Å². The number of alkyl halides is 5. The van der Waals surface area contributed by atoms with Crippen molar-refractivity contribution in [3.8, 4) is 6.07 Å². The maximum Gasteiger partial charge on any atom is 0.455 e. The lowest BCUT2D eigenvalue weighted by Crippen LogP contribution is -2.23. The van der Waals surface area contributed by atoms with E-state index >= 15 is 0 Å². The van der Waals surface area contributed by atoms with E-state index in [0.717, 1.165) is 12.1 Å². The summed E-state index contributed by atoms with van der Waals surface area (Å²) in [4.78, 5) is 25.2. The molecule has 2 amide bonds. The number of nitriles is 1. The Labute approximate surface area is 186 Å². The van der Waals surface area contributed by atoms with Gasteiger partial charge in [0.1, 0.15) is 18.8 Å². The zero-order valence-corrected chi connectivity index (χ0v) is 17.1. The summed E-state index contributed by atoms with van der Waals surface area (Å²) in [6.07, 6.45) is -7.76. The smallest absolute Gasteiger partial charge is 0.366 e. The first kappa shape index (κ1) is 24.2. The van der Waals surface area contributed by atoms with E-state index in [0.29, 0.717) is 15.0 Å². The van der Waals surface area contributed by atoms with Gasteiger partial charge in [-0.2, -0.15) is 28.3 Å². The van der Waals surface area contributed by atoms with Crippen molar-refractivity contribution in [1.29, 1.82) is 5.26 Å². The van der Waals surface area contributed by atoms with Crippen LogP contribution in [0.4, 0.5) is 27.6 Å².